The molecule has 98 valence electrons. The molecule has 0 radical (unpaired) electrons. The van der Waals surface area contributed by atoms with Gasteiger partial charge in [0.2, 0.25) is 0 Å². The van der Waals surface area contributed by atoms with E-state index in [4.69, 9.17) is 16.3 Å². The lowest BCUT2D eigenvalue weighted by atomic mass is 9.78. The van der Waals surface area contributed by atoms with Crippen molar-refractivity contribution in [3.63, 3.8) is 0 Å². The third-order valence-electron chi connectivity index (χ3n) is 4.84. The Kier molecular flexibility index (Phi) is 3.38. The molecule has 3 atom stereocenters. The Balaban J connectivity index is 1.76. The molecule has 2 fully saturated rings. The topological polar surface area (TPSA) is 12.5 Å². The molecule has 3 unspecified atom stereocenters. The predicted molar refractivity (Wildman–Crippen MR) is 75.0 cm³/mol. The molecule has 1 aliphatic heterocycles. The van der Waals surface area contributed by atoms with Gasteiger partial charge in [-0.2, -0.15) is 0 Å². The van der Waals surface area contributed by atoms with E-state index in [0.717, 1.165) is 24.0 Å². The van der Waals surface area contributed by atoms with E-state index < -0.39 is 0 Å². The van der Waals surface area contributed by atoms with Gasteiger partial charge in [-0.3, -0.25) is 0 Å². The number of epoxide rings is 1. The lowest BCUT2D eigenvalue weighted by Crippen LogP contribution is -2.31. The van der Waals surface area contributed by atoms with Crippen molar-refractivity contribution >= 4 is 11.6 Å². The standard InChI is InChI=1S/C16H21ClO/c1-12-4-2-3-5-14(16(12)11-18-16)10-13-6-8-15(17)9-7-13/h6-9,12,14H,2-5,10-11H2,1H3. The van der Waals surface area contributed by atoms with E-state index >= 15 is 0 Å². The maximum Gasteiger partial charge on any atom is 0.0972 e. The second-order valence-electron chi connectivity index (χ2n) is 5.96. The van der Waals surface area contributed by atoms with E-state index in [1.54, 1.807) is 0 Å². The molecule has 0 N–H and O–H groups in total. The minimum absolute atomic E-state index is 0.205. The molecule has 0 aromatic heterocycles. The molecule has 2 heteroatoms. The molecule has 1 aliphatic carbocycles. The van der Waals surface area contributed by atoms with E-state index in [2.05, 4.69) is 19.1 Å². The summed E-state index contributed by atoms with van der Waals surface area (Å²) >= 11 is 5.95. The number of hydrogen-bond donors (Lipinski definition) is 0. The van der Waals surface area contributed by atoms with Crippen LogP contribution in [-0.2, 0) is 11.2 Å². The SMILES string of the molecule is CC1CCCCC(Cc2ccc(Cl)cc2)C12CO2. The summed E-state index contributed by atoms with van der Waals surface area (Å²) in [5.41, 5.74) is 1.60. The van der Waals surface area contributed by atoms with Crippen molar-refractivity contribution < 1.29 is 4.74 Å². The van der Waals surface area contributed by atoms with Crippen molar-refractivity contribution in [1.29, 1.82) is 0 Å². The summed E-state index contributed by atoms with van der Waals surface area (Å²) in [5.74, 6) is 1.41. The van der Waals surface area contributed by atoms with Gasteiger partial charge in [0.25, 0.3) is 0 Å². The number of ether oxygens (including phenoxy) is 1. The Hall–Kier alpha value is -0.530. The molecule has 1 spiro atoms. The minimum Gasteiger partial charge on any atom is -0.369 e. The van der Waals surface area contributed by atoms with Gasteiger partial charge in [-0.25, -0.2) is 0 Å². The van der Waals surface area contributed by atoms with Gasteiger partial charge >= 0.3 is 0 Å². The summed E-state index contributed by atoms with van der Waals surface area (Å²) in [6.45, 7) is 3.35. The number of halogens is 1. The average molecular weight is 265 g/mol. The van der Waals surface area contributed by atoms with Crippen LogP contribution in [0.5, 0.6) is 0 Å². The van der Waals surface area contributed by atoms with Gasteiger partial charge < -0.3 is 4.74 Å². The van der Waals surface area contributed by atoms with Crippen molar-refractivity contribution in [3.05, 3.63) is 34.9 Å². The molecule has 1 saturated heterocycles. The number of rotatable bonds is 2. The van der Waals surface area contributed by atoms with Crippen molar-refractivity contribution in [3.8, 4) is 0 Å². The van der Waals surface area contributed by atoms with Crippen LogP contribution in [0, 0.1) is 11.8 Å². The zero-order chi connectivity index (χ0) is 12.6. The van der Waals surface area contributed by atoms with Crippen molar-refractivity contribution in [2.45, 2.75) is 44.6 Å². The van der Waals surface area contributed by atoms with Crippen molar-refractivity contribution in [1.82, 2.24) is 0 Å². The van der Waals surface area contributed by atoms with Gasteiger partial charge in [-0.1, -0.05) is 43.5 Å². The highest BCUT2D eigenvalue weighted by Gasteiger charge is 2.55. The van der Waals surface area contributed by atoms with Gasteiger partial charge in [0.1, 0.15) is 0 Å². The largest absolute Gasteiger partial charge is 0.369 e. The molecule has 2 aliphatic rings. The van der Waals surface area contributed by atoms with E-state index in [1.807, 2.05) is 12.1 Å². The first-order valence-corrected chi connectivity index (χ1v) is 7.47. The van der Waals surface area contributed by atoms with Gasteiger partial charge in [0, 0.05) is 5.02 Å². The second kappa shape index (κ2) is 4.86. The molecule has 3 rings (SSSR count). The Labute approximate surface area is 114 Å². The summed E-state index contributed by atoms with van der Waals surface area (Å²) in [6.07, 6.45) is 6.50. The summed E-state index contributed by atoms with van der Waals surface area (Å²) in [4.78, 5) is 0. The molecule has 1 aromatic carbocycles. The summed E-state index contributed by atoms with van der Waals surface area (Å²) in [5, 5.41) is 0.824. The van der Waals surface area contributed by atoms with E-state index in [0.29, 0.717) is 5.92 Å². The Morgan fingerprint density at radius 3 is 2.56 bits per heavy atom. The number of benzene rings is 1. The minimum atomic E-state index is 0.205. The molecule has 1 heterocycles. The van der Waals surface area contributed by atoms with Crippen molar-refractivity contribution in [2.24, 2.45) is 11.8 Å². The molecule has 18 heavy (non-hydrogen) atoms. The maximum absolute atomic E-state index is 5.95. The normalized spacial score (nSPS) is 35.4. The first-order valence-electron chi connectivity index (χ1n) is 7.09. The molecule has 1 nitrogen and oxygen atoms in total. The lowest BCUT2D eigenvalue weighted by molar-refractivity contribution is 0.153. The fraction of sp³-hybridized carbons (Fsp3) is 0.625. The first kappa shape index (κ1) is 12.5. The second-order valence-corrected chi connectivity index (χ2v) is 6.39. The predicted octanol–water partition coefficient (Wildman–Crippen LogP) is 4.48. The van der Waals surface area contributed by atoms with Gasteiger partial charge in [-0.15, -0.1) is 0 Å². The van der Waals surface area contributed by atoms with Gasteiger partial charge in [-0.05, 0) is 48.8 Å². The first-order chi connectivity index (χ1) is 8.71. The van der Waals surface area contributed by atoms with Crippen LogP contribution in [0.3, 0.4) is 0 Å². The number of hydrogen-bond acceptors (Lipinski definition) is 1. The monoisotopic (exact) mass is 264 g/mol. The fourth-order valence-corrected chi connectivity index (χ4v) is 3.64. The highest BCUT2D eigenvalue weighted by Crippen LogP contribution is 2.49. The summed E-state index contributed by atoms with van der Waals surface area (Å²) in [6, 6.07) is 8.32. The molecule has 0 bridgehead atoms. The van der Waals surface area contributed by atoms with E-state index in [-0.39, 0.29) is 5.60 Å². The molecule has 1 aromatic rings. The third kappa shape index (κ3) is 2.31. The van der Waals surface area contributed by atoms with Crippen LogP contribution in [0.25, 0.3) is 0 Å². The summed E-state index contributed by atoms with van der Waals surface area (Å²) in [7, 11) is 0. The van der Waals surface area contributed by atoms with Gasteiger partial charge in [0.15, 0.2) is 0 Å². The lowest BCUT2D eigenvalue weighted by Gasteiger charge is -2.26. The van der Waals surface area contributed by atoms with Crippen molar-refractivity contribution in [2.75, 3.05) is 6.61 Å². The van der Waals surface area contributed by atoms with Crippen LogP contribution in [0.1, 0.15) is 38.2 Å². The molecule has 0 amide bonds. The van der Waals surface area contributed by atoms with Crippen LogP contribution < -0.4 is 0 Å². The van der Waals surface area contributed by atoms with Crippen LogP contribution in [-0.4, -0.2) is 12.2 Å². The molecular formula is C16H21ClO. The van der Waals surface area contributed by atoms with E-state index in [9.17, 15) is 0 Å². The van der Waals surface area contributed by atoms with Gasteiger partial charge in [0.05, 0.1) is 12.2 Å². The Morgan fingerprint density at radius 1 is 1.22 bits per heavy atom. The smallest absolute Gasteiger partial charge is 0.0972 e. The Morgan fingerprint density at radius 2 is 1.89 bits per heavy atom. The zero-order valence-electron chi connectivity index (χ0n) is 11.0. The van der Waals surface area contributed by atoms with Crippen LogP contribution >= 0.6 is 11.6 Å². The van der Waals surface area contributed by atoms with E-state index in [1.165, 1.54) is 31.2 Å². The van der Waals surface area contributed by atoms with Crippen LogP contribution in [0.15, 0.2) is 24.3 Å². The van der Waals surface area contributed by atoms with Crippen LogP contribution in [0.4, 0.5) is 0 Å². The zero-order valence-corrected chi connectivity index (χ0v) is 11.7. The summed E-state index contributed by atoms with van der Waals surface area (Å²) < 4.78 is 5.91. The molecule has 1 saturated carbocycles. The highest BCUT2D eigenvalue weighted by molar-refractivity contribution is 6.30. The molecular weight excluding hydrogens is 244 g/mol. The van der Waals surface area contributed by atoms with Crippen LogP contribution in [0.2, 0.25) is 5.02 Å². The highest BCUT2D eigenvalue weighted by atomic mass is 35.5. The quantitative estimate of drug-likeness (QED) is 0.718. The third-order valence-corrected chi connectivity index (χ3v) is 5.09. The Bertz CT molecular complexity index is 408. The average Bonchev–Trinajstić information content (AvgIpc) is 3.17. The maximum atomic E-state index is 5.95. The fourth-order valence-electron chi connectivity index (χ4n) is 3.52.